The largest absolute Gasteiger partial charge is 0.369 e. The molecule has 2 N–H and O–H groups in total. The van der Waals surface area contributed by atoms with E-state index in [9.17, 15) is 24.0 Å². The van der Waals surface area contributed by atoms with Crippen LogP contribution >= 0.6 is 19.2 Å². The van der Waals surface area contributed by atoms with Gasteiger partial charge in [-0.1, -0.05) is 49.7 Å². The van der Waals surface area contributed by atoms with Crippen molar-refractivity contribution in [3.8, 4) is 6.07 Å². The molecule has 0 amide bonds. The molecule has 1 atom stereocenters. The van der Waals surface area contributed by atoms with Gasteiger partial charge in [-0.2, -0.15) is 5.26 Å². The molecule has 13 heteroatoms. The lowest BCUT2D eigenvalue weighted by molar-refractivity contribution is 0.369. The first-order chi connectivity index (χ1) is 20.2. The monoisotopic (exact) mass is 622 g/mol. The van der Waals surface area contributed by atoms with Crippen molar-refractivity contribution in [2.24, 2.45) is 5.41 Å². The van der Waals surface area contributed by atoms with E-state index in [2.05, 4.69) is 21.4 Å². The highest BCUT2D eigenvalue weighted by atomic mass is 35.5. The Labute approximate surface area is 256 Å². The zero-order valence-corrected chi connectivity index (χ0v) is 26.3. The fraction of sp³-hybridized carbons (Fsp3) is 0.400. The van der Waals surface area contributed by atoms with E-state index in [4.69, 9.17) is 11.6 Å². The van der Waals surface area contributed by atoms with Crippen molar-refractivity contribution in [1.82, 2.24) is 20.0 Å². The van der Waals surface area contributed by atoms with Crippen LogP contribution < -0.4 is 4.90 Å². The second kappa shape index (κ2) is 11.7. The van der Waals surface area contributed by atoms with Gasteiger partial charge in [0.05, 0.1) is 39.7 Å². The Morgan fingerprint density at radius 1 is 1.23 bits per heavy atom. The molecule has 0 saturated heterocycles. The van der Waals surface area contributed by atoms with E-state index in [1.165, 1.54) is 18.3 Å². The average Bonchev–Trinajstić information content (AvgIpc) is 3.65. The lowest BCUT2D eigenvalue weighted by atomic mass is 9.59. The Balaban J connectivity index is 1.66. The number of rotatable bonds is 10. The number of aromatic nitrogens is 4. The van der Waals surface area contributed by atoms with Crippen molar-refractivity contribution in [1.29, 1.82) is 5.26 Å². The van der Waals surface area contributed by atoms with Crippen LogP contribution in [0.4, 0.5) is 10.1 Å². The summed E-state index contributed by atoms with van der Waals surface area (Å²) in [7, 11) is -2.28. The summed E-state index contributed by atoms with van der Waals surface area (Å²) < 4.78 is 27.7. The van der Waals surface area contributed by atoms with E-state index in [1.807, 2.05) is 56.5 Å². The maximum absolute atomic E-state index is 14.0. The van der Waals surface area contributed by atoms with Crippen LogP contribution in [0.5, 0.6) is 0 Å². The number of pyridine rings is 1. The van der Waals surface area contributed by atoms with Gasteiger partial charge in [-0.05, 0) is 60.1 Å². The number of fused-ring (bicyclic) bond motifs is 1. The maximum atomic E-state index is 14.0. The molecule has 2 aromatic carbocycles. The van der Waals surface area contributed by atoms with Gasteiger partial charge >= 0.3 is 7.60 Å². The van der Waals surface area contributed by atoms with Crippen molar-refractivity contribution >= 4 is 43.6 Å². The van der Waals surface area contributed by atoms with Gasteiger partial charge in [0.15, 0.2) is 0 Å². The van der Waals surface area contributed by atoms with Gasteiger partial charge in [-0.25, -0.2) is 9.07 Å². The molecule has 9 nitrogen and oxygen atoms in total. The Hall–Kier alpha value is -3.29. The third-order valence-electron chi connectivity index (χ3n) is 7.75. The first kappa shape index (κ1) is 31.1. The summed E-state index contributed by atoms with van der Waals surface area (Å²) in [6.45, 7) is 6.53. The molecule has 1 aliphatic rings. The zero-order chi connectivity index (χ0) is 31.2. The van der Waals surface area contributed by atoms with E-state index in [0.717, 1.165) is 29.7 Å². The molecule has 224 valence electrons. The Morgan fingerprint density at radius 3 is 2.53 bits per heavy atom. The van der Waals surface area contributed by atoms with Gasteiger partial charge in [-0.3, -0.25) is 9.55 Å². The normalized spacial score (nSPS) is 15.3. The molecule has 43 heavy (non-hydrogen) atoms. The summed E-state index contributed by atoms with van der Waals surface area (Å²) in [5, 5.41) is 19.3. The minimum atomic E-state index is -4.32. The van der Waals surface area contributed by atoms with Crippen LogP contribution in [-0.2, 0) is 16.3 Å². The Kier molecular flexibility index (Phi) is 8.45. The number of nitriles is 1. The number of anilines is 1. The van der Waals surface area contributed by atoms with E-state index in [1.54, 1.807) is 12.1 Å². The third-order valence-corrected chi connectivity index (χ3v) is 8.83. The van der Waals surface area contributed by atoms with Gasteiger partial charge in [0.25, 0.3) is 0 Å². The second-order valence-corrected chi connectivity index (χ2v) is 15.0. The summed E-state index contributed by atoms with van der Waals surface area (Å²) in [5.41, 5.74) is 3.46. The van der Waals surface area contributed by atoms with Crippen LogP contribution in [-0.4, -0.2) is 56.9 Å². The Bertz CT molecular complexity index is 1750. The first-order valence-electron chi connectivity index (χ1n) is 14.2. The summed E-state index contributed by atoms with van der Waals surface area (Å²) in [6.07, 6.45) is 5.58. The molecular weight excluding hydrogens is 589 g/mol. The molecule has 1 fully saturated rings. The lowest BCUT2D eigenvalue weighted by Crippen LogP contribution is -2.35. The van der Waals surface area contributed by atoms with Gasteiger partial charge < -0.3 is 14.7 Å². The fourth-order valence-electron chi connectivity index (χ4n) is 5.53. The van der Waals surface area contributed by atoms with Crippen LogP contribution in [0.3, 0.4) is 0 Å². The molecule has 1 saturated carbocycles. The Morgan fingerprint density at radius 2 is 1.93 bits per heavy atom. The molecule has 2 aromatic heterocycles. The molecule has 2 heterocycles. The van der Waals surface area contributed by atoms with Crippen molar-refractivity contribution in [2.75, 3.05) is 24.2 Å². The van der Waals surface area contributed by atoms with E-state index >= 15 is 0 Å². The van der Waals surface area contributed by atoms with Crippen molar-refractivity contribution in [3.63, 3.8) is 0 Å². The topological polar surface area (TPSA) is 128 Å². The number of halogens is 2. The van der Waals surface area contributed by atoms with E-state index in [0.29, 0.717) is 40.6 Å². The standard InChI is InChI=1S/C30H34BClFN6O3P/c1-29(2,3)18-38(10-11-43(40,41)42)28-20(15-34)16-35-27-24(28)12-19(13-25(27)32)14-30(31,21-4-6-22(33)7-5-21)26-17-39(37-36-26)23-8-9-23/h4-7,12-13,16-17,23H,8-11,14,18,31H2,1-3H3,(H2,40,41,42). The zero-order valence-electron chi connectivity index (χ0n) is 24.6. The SMILES string of the molecule is BC(Cc1cc(Cl)c2ncc(C#N)c(N(CCP(=O)(O)O)CC(C)(C)C)c2c1)(c1ccc(F)cc1)c1cn(C2CC2)nn1. The van der Waals surface area contributed by atoms with Crippen LogP contribution in [0, 0.1) is 22.6 Å². The van der Waals surface area contributed by atoms with Crippen LogP contribution in [0.25, 0.3) is 10.9 Å². The predicted molar refractivity (Wildman–Crippen MR) is 168 cm³/mol. The molecule has 5 rings (SSSR count). The molecular formula is C30H34BClFN6O3P. The summed E-state index contributed by atoms with van der Waals surface area (Å²) in [6, 6.07) is 12.7. The fourth-order valence-corrected chi connectivity index (χ4v) is 6.33. The molecule has 0 radical (unpaired) electrons. The van der Waals surface area contributed by atoms with Crippen LogP contribution in [0.15, 0.2) is 48.8 Å². The molecule has 1 aliphatic carbocycles. The molecule has 0 bridgehead atoms. The molecule has 1 unspecified atom stereocenters. The number of nitrogens with zero attached hydrogens (tertiary/aromatic N) is 6. The van der Waals surface area contributed by atoms with E-state index in [-0.39, 0.29) is 29.5 Å². The smallest absolute Gasteiger partial charge is 0.327 e. The number of hydrogen-bond acceptors (Lipinski definition) is 6. The molecule has 4 aromatic rings. The van der Waals surface area contributed by atoms with Crippen LogP contribution in [0.1, 0.15) is 62.0 Å². The van der Waals surface area contributed by atoms with E-state index < -0.39 is 12.9 Å². The van der Waals surface area contributed by atoms with Gasteiger partial charge in [0.2, 0.25) is 0 Å². The third kappa shape index (κ3) is 7.10. The van der Waals surface area contributed by atoms with Crippen molar-refractivity contribution < 1.29 is 18.7 Å². The maximum Gasteiger partial charge on any atom is 0.327 e. The van der Waals surface area contributed by atoms with Crippen molar-refractivity contribution in [2.45, 2.75) is 51.4 Å². The average molecular weight is 623 g/mol. The summed E-state index contributed by atoms with van der Waals surface area (Å²) in [4.78, 5) is 25.7. The van der Waals surface area contributed by atoms with Gasteiger partial charge in [0, 0.05) is 36.2 Å². The summed E-state index contributed by atoms with van der Waals surface area (Å²) in [5.74, 6) is -0.338. The highest BCUT2D eigenvalue weighted by Crippen LogP contribution is 2.41. The van der Waals surface area contributed by atoms with Gasteiger partial charge in [0.1, 0.15) is 19.7 Å². The number of hydrogen-bond donors (Lipinski definition) is 2. The first-order valence-corrected chi connectivity index (χ1v) is 16.3. The quantitative estimate of drug-likeness (QED) is 0.187. The molecule has 0 aliphatic heterocycles. The van der Waals surface area contributed by atoms with Crippen molar-refractivity contribution in [3.05, 3.63) is 82.0 Å². The molecule has 0 spiro atoms. The highest BCUT2D eigenvalue weighted by molar-refractivity contribution is 7.51. The number of benzene rings is 2. The second-order valence-electron chi connectivity index (χ2n) is 12.8. The van der Waals surface area contributed by atoms with Gasteiger partial charge in [-0.15, -0.1) is 5.10 Å². The highest BCUT2D eigenvalue weighted by Gasteiger charge is 2.35. The minimum absolute atomic E-state index is 0.0365. The summed E-state index contributed by atoms with van der Waals surface area (Å²) >= 11 is 6.84. The lowest BCUT2D eigenvalue weighted by Gasteiger charge is -2.33. The van der Waals surface area contributed by atoms with Crippen LogP contribution in [0.2, 0.25) is 5.02 Å². The predicted octanol–water partition coefficient (Wildman–Crippen LogP) is 4.97. The minimum Gasteiger partial charge on any atom is -0.369 e.